The average Bonchev–Trinajstić information content (AvgIpc) is 2.13. The van der Waals surface area contributed by atoms with Crippen molar-refractivity contribution in [2.24, 2.45) is 0 Å². The van der Waals surface area contributed by atoms with Gasteiger partial charge in [-0.2, -0.15) is 0 Å². The van der Waals surface area contributed by atoms with Crippen LogP contribution in [0, 0.1) is 0 Å². The number of hydrogen-bond acceptors (Lipinski definition) is 3. The maximum absolute atomic E-state index is 3.31. The minimum absolute atomic E-state index is 0. The van der Waals surface area contributed by atoms with E-state index in [-0.39, 0.29) is 18.9 Å². The third-order valence-corrected chi connectivity index (χ3v) is 58.8. The summed E-state index contributed by atoms with van der Waals surface area (Å²) in [7, 11) is -8.71. The van der Waals surface area contributed by atoms with Gasteiger partial charge in [-0.15, -0.1) is 0 Å². The number of hydrogen-bond donors (Lipinski definition) is 0. The largest absolute Gasteiger partial charge is 0 e. The minimum Gasteiger partial charge on any atom is 0 e. The summed E-state index contributed by atoms with van der Waals surface area (Å²) in [5.41, 5.74) is 0. The van der Waals surface area contributed by atoms with Gasteiger partial charge in [0, 0.05) is 18.9 Å². The molecule has 0 aromatic heterocycles. The molecule has 0 fully saturated rings. The molecule has 0 saturated carbocycles. The first-order chi connectivity index (χ1) is 11.7. The molecule has 11 heteroatoms. The zero-order valence-electron chi connectivity index (χ0n) is 23.8. The van der Waals surface area contributed by atoms with Gasteiger partial charge >= 0.3 is 192 Å². The Morgan fingerprint density at radius 2 is 0.414 bits per heavy atom. The fourth-order valence-electron chi connectivity index (χ4n) is 5.12. The molecule has 0 atom stereocenters. The van der Waals surface area contributed by atoms with Crippen molar-refractivity contribution >= 4 is 83.3 Å². The van der Waals surface area contributed by atoms with Crippen molar-refractivity contribution in [3.63, 3.8) is 0 Å². The van der Waals surface area contributed by atoms with Crippen molar-refractivity contribution in [2.75, 3.05) is 0 Å². The first-order valence-corrected chi connectivity index (χ1v) is 34.5. The fraction of sp³-hybridized carbons (Fsp3) is 1.00. The molecule has 29 heavy (non-hydrogen) atoms. The van der Waals surface area contributed by atoms with Crippen LogP contribution in [0.2, 0.25) is 118 Å². The van der Waals surface area contributed by atoms with E-state index in [0.717, 1.165) is 0 Å². The molecule has 0 spiro atoms. The summed E-state index contributed by atoms with van der Waals surface area (Å²) in [5.74, 6) is 0. The molecule has 0 heterocycles. The zero-order chi connectivity index (χ0) is 23.3. The second kappa shape index (κ2) is 10.3. The molecule has 0 aromatic carbocycles. The van der Waals surface area contributed by atoms with Crippen LogP contribution in [0.1, 0.15) is 0 Å². The van der Waals surface area contributed by atoms with Gasteiger partial charge in [-0.1, -0.05) is 0 Å². The first kappa shape index (κ1) is 33.5. The second-order valence-electron chi connectivity index (χ2n) is 14.3. The SMILES string of the molecule is C[Si](C)(C)[N]([Ge]([N]([Si](C)(C)C)[Si](C)(C)C)[N]([Si](C)(C)C)[Si](C)(C)C)[Si](C)(C)C.[Li]. The summed E-state index contributed by atoms with van der Waals surface area (Å²) in [6, 6.07) is 0. The summed E-state index contributed by atoms with van der Waals surface area (Å²) in [4.78, 5) is 0. The molecule has 0 aliphatic rings. The van der Waals surface area contributed by atoms with Crippen LogP contribution in [0.3, 0.4) is 0 Å². The molecule has 170 valence electrons. The van der Waals surface area contributed by atoms with E-state index in [9.17, 15) is 0 Å². The Hall–Kier alpha value is 2.32. The van der Waals surface area contributed by atoms with Crippen LogP contribution in [0.5, 0.6) is 0 Å². The fourth-order valence-corrected chi connectivity index (χ4v) is 69.3. The van der Waals surface area contributed by atoms with Gasteiger partial charge in [-0.25, -0.2) is 0 Å². The summed E-state index contributed by atoms with van der Waals surface area (Å²) >= 11 is -1.85. The Morgan fingerprint density at radius 3 is 0.483 bits per heavy atom. The first-order valence-electron chi connectivity index (χ1n) is 11.0. The van der Waals surface area contributed by atoms with Crippen LogP contribution in [0.15, 0.2) is 0 Å². The maximum atomic E-state index is 3.31. The number of nitrogens with zero attached hydrogens (tertiary/aromatic N) is 3. The summed E-state index contributed by atoms with van der Waals surface area (Å²) in [6.45, 7) is 47.5. The van der Waals surface area contributed by atoms with Gasteiger partial charge < -0.3 is 0 Å². The molecular weight excluding hydrogens is 506 g/mol. The summed E-state index contributed by atoms with van der Waals surface area (Å²) in [6.07, 6.45) is 0. The molecule has 0 aromatic rings. The van der Waals surface area contributed by atoms with Crippen molar-refractivity contribution in [3.8, 4) is 0 Å². The van der Waals surface area contributed by atoms with E-state index in [4.69, 9.17) is 0 Å². The molecule has 0 aliphatic carbocycles. The van der Waals surface area contributed by atoms with Crippen molar-refractivity contribution < 1.29 is 0 Å². The molecule has 0 bridgehead atoms. The van der Waals surface area contributed by atoms with E-state index >= 15 is 0 Å². The van der Waals surface area contributed by atoms with Gasteiger partial charge in [0.15, 0.2) is 0 Å². The van der Waals surface area contributed by atoms with Gasteiger partial charge in [-0.3, -0.25) is 0 Å². The van der Waals surface area contributed by atoms with Gasteiger partial charge in [0.25, 0.3) is 0 Å². The monoisotopic (exact) mass is 561 g/mol. The smallest absolute Gasteiger partial charge is 0 e. The molecule has 0 rings (SSSR count). The Morgan fingerprint density at radius 1 is 0.310 bits per heavy atom. The predicted octanol–water partition coefficient (Wildman–Crippen LogP) is 6.51. The third-order valence-electron chi connectivity index (χ3n) is 4.62. The Bertz CT molecular complexity index is 407. The van der Waals surface area contributed by atoms with Crippen LogP contribution < -0.4 is 0 Å². The average molecular weight is 561 g/mol. The minimum atomic E-state index is -1.85. The van der Waals surface area contributed by atoms with E-state index in [1.54, 1.807) is 0 Å². The molecule has 0 N–H and O–H groups in total. The Labute approximate surface area is 209 Å². The molecule has 0 amide bonds. The molecule has 0 aliphatic heterocycles. The summed E-state index contributed by atoms with van der Waals surface area (Å²) < 4.78 is 9.94. The van der Waals surface area contributed by atoms with Gasteiger partial charge in [0.2, 0.25) is 0 Å². The van der Waals surface area contributed by atoms with E-state index in [2.05, 4.69) is 127 Å². The summed E-state index contributed by atoms with van der Waals surface area (Å²) in [5, 5.41) is 0. The van der Waals surface area contributed by atoms with Gasteiger partial charge in [0.05, 0.1) is 0 Å². The van der Waals surface area contributed by atoms with Crippen LogP contribution in [0.4, 0.5) is 0 Å². The van der Waals surface area contributed by atoms with Crippen LogP contribution >= 0.6 is 0 Å². The Balaban J connectivity index is 0. The van der Waals surface area contributed by atoms with Crippen molar-refractivity contribution in [1.29, 1.82) is 0 Å². The van der Waals surface area contributed by atoms with Crippen LogP contribution in [-0.2, 0) is 0 Å². The zero-order valence-corrected chi connectivity index (χ0v) is 31.9. The van der Waals surface area contributed by atoms with E-state index in [1.165, 1.54) is 0 Å². The van der Waals surface area contributed by atoms with E-state index < -0.39 is 64.4 Å². The predicted molar refractivity (Wildman–Crippen MR) is 157 cm³/mol. The van der Waals surface area contributed by atoms with E-state index in [0.29, 0.717) is 0 Å². The molecule has 3 nitrogen and oxygen atoms in total. The molecule has 2 radical (unpaired) electrons. The maximum Gasteiger partial charge on any atom is 0 e. The van der Waals surface area contributed by atoms with E-state index in [1.807, 2.05) is 0 Å². The molecular formula is C18H54GeLiN3Si6. The van der Waals surface area contributed by atoms with Crippen molar-refractivity contribution in [1.82, 2.24) is 9.56 Å². The Kier molecular flexibility index (Phi) is 11.9. The topological polar surface area (TPSA) is 9.72 Å². The molecule has 0 unspecified atom stereocenters. The van der Waals surface area contributed by atoms with Crippen LogP contribution in [-0.4, -0.2) is 92.9 Å². The van der Waals surface area contributed by atoms with Gasteiger partial charge in [-0.05, 0) is 0 Å². The number of rotatable bonds is 9. The standard InChI is InChI=1S/C18H54GeN3Si6.Li/c1-23(2,3)20(24(4,5)6)19(21(25(7,8)9)26(10,11)12)22(27(13,14)15)28(16,17)18;/h1-18H3;. The van der Waals surface area contributed by atoms with Crippen molar-refractivity contribution in [3.05, 3.63) is 0 Å². The molecule has 0 saturated heterocycles. The quantitative estimate of drug-likeness (QED) is 0.298. The normalized spacial score (nSPS) is 15.5. The van der Waals surface area contributed by atoms with Crippen LogP contribution in [0.25, 0.3) is 0 Å². The van der Waals surface area contributed by atoms with Gasteiger partial charge in [0.1, 0.15) is 0 Å². The second-order valence-corrected chi connectivity index (χ2v) is 54.1. The van der Waals surface area contributed by atoms with Crippen molar-refractivity contribution in [2.45, 2.75) is 118 Å². The third kappa shape index (κ3) is 9.60.